The molecule has 3 N–H and O–H groups in total. The number of ether oxygens (including phenoxy) is 1. The van der Waals surface area contributed by atoms with Gasteiger partial charge in [0.25, 0.3) is 5.91 Å². The molecule has 0 saturated carbocycles. The molecule has 5 nitrogen and oxygen atoms in total. The van der Waals surface area contributed by atoms with Crippen molar-refractivity contribution in [1.82, 2.24) is 10.3 Å². The number of aromatic nitrogens is 1. The Morgan fingerprint density at radius 3 is 2.80 bits per heavy atom. The first-order chi connectivity index (χ1) is 9.74. The summed E-state index contributed by atoms with van der Waals surface area (Å²) in [6, 6.07) is 7.67. The van der Waals surface area contributed by atoms with Gasteiger partial charge in [-0.15, -0.1) is 11.3 Å². The predicted octanol–water partition coefficient (Wildman–Crippen LogP) is 1.90. The molecule has 106 valence electrons. The van der Waals surface area contributed by atoms with Gasteiger partial charge in [-0.2, -0.15) is 0 Å². The van der Waals surface area contributed by atoms with Crippen LogP contribution in [0.15, 0.2) is 29.6 Å². The molecule has 0 atom stereocenters. The van der Waals surface area contributed by atoms with Gasteiger partial charge < -0.3 is 15.8 Å². The molecular weight excluding hydrogens is 274 g/mol. The number of nitrogens with two attached hydrogens (primary N) is 1. The molecule has 1 aromatic carbocycles. The number of hydrogen-bond donors (Lipinski definition) is 2. The highest BCUT2D eigenvalue weighted by Crippen LogP contribution is 2.25. The highest BCUT2D eigenvalue weighted by Gasteiger charge is 2.11. The zero-order chi connectivity index (χ0) is 14.4. The molecule has 2 aromatic rings. The molecule has 0 aliphatic heterocycles. The van der Waals surface area contributed by atoms with Crippen molar-refractivity contribution < 1.29 is 9.53 Å². The van der Waals surface area contributed by atoms with Crippen LogP contribution in [0.5, 0.6) is 5.75 Å². The fourth-order valence-corrected chi connectivity index (χ4v) is 2.45. The van der Waals surface area contributed by atoms with E-state index in [0.29, 0.717) is 25.4 Å². The average molecular weight is 291 g/mol. The van der Waals surface area contributed by atoms with Crippen molar-refractivity contribution in [3.63, 3.8) is 0 Å². The third-order valence-electron chi connectivity index (χ3n) is 2.58. The first-order valence-corrected chi connectivity index (χ1v) is 7.29. The third-order valence-corrected chi connectivity index (χ3v) is 3.47. The topological polar surface area (TPSA) is 77.2 Å². The molecule has 1 amide bonds. The molecule has 0 aliphatic carbocycles. The van der Waals surface area contributed by atoms with E-state index in [4.69, 9.17) is 10.5 Å². The Morgan fingerprint density at radius 1 is 1.40 bits per heavy atom. The molecule has 0 spiro atoms. The van der Waals surface area contributed by atoms with Gasteiger partial charge in [-0.05, 0) is 31.2 Å². The smallest absolute Gasteiger partial charge is 0.270 e. The van der Waals surface area contributed by atoms with Crippen LogP contribution in [0.1, 0.15) is 17.4 Å². The van der Waals surface area contributed by atoms with E-state index in [0.717, 1.165) is 16.3 Å². The maximum absolute atomic E-state index is 11.7. The molecule has 0 saturated heterocycles. The van der Waals surface area contributed by atoms with Gasteiger partial charge in [0.05, 0.1) is 6.61 Å². The van der Waals surface area contributed by atoms with E-state index in [2.05, 4.69) is 10.3 Å². The van der Waals surface area contributed by atoms with Crippen LogP contribution in [-0.2, 0) is 0 Å². The Hall–Kier alpha value is -1.92. The summed E-state index contributed by atoms with van der Waals surface area (Å²) < 4.78 is 5.39. The normalized spacial score (nSPS) is 10.3. The molecule has 1 aromatic heterocycles. The van der Waals surface area contributed by atoms with E-state index < -0.39 is 0 Å². The van der Waals surface area contributed by atoms with Crippen molar-refractivity contribution in [2.24, 2.45) is 5.73 Å². The van der Waals surface area contributed by atoms with Gasteiger partial charge in [0.1, 0.15) is 16.5 Å². The summed E-state index contributed by atoms with van der Waals surface area (Å²) in [7, 11) is 0. The minimum Gasteiger partial charge on any atom is -0.494 e. The fraction of sp³-hybridized carbons (Fsp3) is 0.286. The number of nitrogens with zero attached hydrogens (tertiary/aromatic N) is 1. The van der Waals surface area contributed by atoms with Crippen LogP contribution in [0.25, 0.3) is 10.6 Å². The van der Waals surface area contributed by atoms with Gasteiger partial charge >= 0.3 is 0 Å². The molecule has 0 fully saturated rings. The summed E-state index contributed by atoms with van der Waals surface area (Å²) in [6.45, 7) is 3.46. The molecule has 0 unspecified atom stereocenters. The minimum absolute atomic E-state index is 0.191. The summed E-state index contributed by atoms with van der Waals surface area (Å²) in [5.41, 5.74) is 6.74. The number of thiazole rings is 1. The van der Waals surface area contributed by atoms with Crippen LogP contribution in [0, 0.1) is 0 Å². The van der Waals surface area contributed by atoms with E-state index in [1.54, 1.807) is 5.38 Å². The molecule has 0 bridgehead atoms. The van der Waals surface area contributed by atoms with Gasteiger partial charge in [-0.3, -0.25) is 4.79 Å². The van der Waals surface area contributed by atoms with Gasteiger partial charge in [0, 0.05) is 24.0 Å². The van der Waals surface area contributed by atoms with E-state index >= 15 is 0 Å². The number of benzene rings is 1. The quantitative estimate of drug-likeness (QED) is 0.852. The molecule has 1 heterocycles. The van der Waals surface area contributed by atoms with Crippen molar-refractivity contribution in [2.45, 2.75) is 6.92 Å². The van der Waals surface area contributed by atoms with Crippen molar-refractivity contribution in [2.75, 3.05) is 19.7 Å². The van der Waals surface area contributed by atoms with Gasteiger partial charge in [0.2, 0.25) is 0 Å². The Bertz CT molecular complexity index is 566. The van der Waals surface area contributed by atoms with Crippen LogP contribution in [-0.4, -0.2) is 30.6 Å². The van der Waals surface area contributed by atoms with E-state index in [1.165, 1.54) is 11.3 Å². The second kappa shape index (κ2) is 7.02. The maximum Gasteiger partial charge on any atom is 0.270 e. The SMILES string of the molecule is CCOc1ccc(-c2nc(C(=O)NCCN)cs2)cc1. The van der Waals surface area contributed by atoms with E-state index in [-0.39, 0.29) is 5.91 Å². The first-order valence-electron chi connectivity index (χ1n) is 6.41. The number of carbonyl (C=O) groups excluding carboxylic acids is 1. The van der Waals surface area contributed by atoms with Crippen molar-refractivity contribution in [3.05, 3.63) is 35.3 Å². The number of carbonyl (C=O) groups is 1. The molecule has 20 heavy (non-hydrogen) atoms. The second-order valence-corrected chi connectivity index (χ2v) is 4.90. The Morgan fingerprint density at radius 2 is 2.15 bits per heavy atom. The number of amides is 1. The van der Waals surface area contributed by atoms with Crippen LogP contribution < -0.4 is 15.8 Å². The van der Waals surface area contributed by atoms with Gasteiger partial charge in [0.15, 0.2) is 0 Å². The average Bonchev–Trinajstić information content (AvgIpc) is 2.96. The molecular formula is C14H17N3O2S. The first kappa shape index (κ1) is 14.5. The van der Waals surface area contributed by atoms with Crippen molar-refractivity contribution >= 4 is 17.2 Å². The van der Waals surface area contributed by atoms with Crippen LogP contribution in [0.3, 0.4) is 0 Å². The summed E-state index contributed by atoms with van der Waals surface area (Å²) >= 11 is 1.44. The van der Waals surface area contributed by atoms with Gasteiger partial charge in [-0.25, -0.2) is 4.98 Å². The number of nitrogens with one attached hydrogen (secondary N) is 1. The summed E-state index contributed by atoms with van der Waals surface area (Å²) in [5, 5.41) is 5.26. The van der Waals surface area contributed by atoms with Crippen molar-refractivity contribution in [3.8, 4) is 16.3 Å². The van der Waals surface area contributed by atoms with E-state index in [9.17, 15) is 4.79 Å². The number of rotatable bonds is 6. The second-order valence-electron chi connectivity index (χ2n) is 4.04. The lowest BCUT2D eigenvalue weighted by Crippen LogP contribution is -2.29. The minimum atomic E-state index is -0.191. The standard InChI is InChI=1S/C14H17N3O2S/c1-2-19-11-5-3-10(4-6-11)14-17-12(9-20-14)13(18)16-8-7-15/h3-6,9H,2,7-8,15H2,1H3,(H,16,18). The molecule has 6 heteroatoms. The molecule has 0 radical (unpaired) electrons. The van der Waals surface area contributed by atoms with Crippen LogP contribution in [0.2, 0.25) is 0 Å². The third kappa shape index (κ3) is 3.55. The highest BCUT2D eigenvalue weighted by atomic mass is 32.1. The largest absolute Gasteiger partial charge is 0.494 e. The number of hydrogen-bond acceptors (Lipinski definition) is 5. The molecule has 2 rings (SSSR count). The summed E-state index contributed by atoms with van der Waals surface area (Å²) in [5.74, 6) is 0.637. The fourth-order valence-electron chi connectivity index (χ4n) is 1.65. The zero-order valence-electron chi connectivity index (χ0n) is 11.3. The predicted molar refractivity (Wildman–Crippen MR) is 80.1 cm³/mol. The summed E-state index contributed by atoms with van der Waals surface area (Å²) in [6.07, 6.45) is 0. The Balaban J connectivity index is 2.09. The Kier molecular flexibility index (Phi) is 5.09. The molecule has 0 aliphatic rings. The van der Waals surface area contributed by atoms with Crippen LogP contribution >= 0.6 is 11.3 Å². The van der Waals surface area contributed by atoms with Crippen molar-refractivity contribution in [1.29, 1.82) is 0 Å². The van der Waals surface area contributed by atoms with Gasteiger partial charge in [-0.1, -0.05) is 0 Å². The lowest BCUT2D eigenvalue weighted by molar-refractivity contribution is 0.0950. The van der Waals surface area contributed by atoms with Crippen LogP contribution in [0.4, 0.5) is 0 Å². The Labute approximate surface area is 121 Å². The maximum atomic E-state index is 11.7. The monoisotopic (exact) mass is 291 g/mol. The summed E-state index contributed by atoms with van der Waals surface area (Å²) in [4.78, 5) is 16.1. The highest BCUT2D eigenvalue weighted by molar-refractivity contribution is 7.13. The van der Waals surface area contributed by atoms with E-state index in [1.807, 2.05) is 31.2 Å². The lowest BCUT2D eigenvalue weighted by Gasteiger charge is -2.03. The lowest BCUT2D eigenvalue weighted by atomic mass is 10.2. The zero-order valence-corrected chi connectivity index (χ0v) is 12.1.